The SMILES string of the molecule is NC(=O)CN(c1ccccc1[N+](=O)[O-])C1CCNCC1. The second-order valence-corrected chi connectivity index (χ2v) is 4.82. The highest BCUT2D eigenvalue weighted by atomic mass is 16.6. The Labute approximate surface area is 116 Å². The Balaban J connectivity index is 2.34. The van der Waals surface area contributed by atoms with E-state index in [-0.39, 0.29) is 18.3 Å². The second kappa shape index (κ2) is 6.33. The lowest BCUT2D eigenvalue weighted by molar-refractivity contribution is -0.384. The number of carbonyl (C=O) groups excluding carboxylic acids is 1. The third-order valence-corrected chi connectivity index (χ3v) is 3.46. The van der Waals surface area contributed by atoms with Crippen LogP contribution in [-0.4, -0.2) is 36.5 Å². The Morgan fingerprint density at radius 3 is 2.65 bits per heavy atom. The van der Waals surface area contributed by atoms with Crippen LogP contribution in [0.25, 0.3) is 0 Å². The van der Waals surface area contributed by atoms with Crippen molar-refractivity contribution in [2.24, 2.45) is 5.73 Å². The molecule has 0 aliphatic carbocycles. The Kier molecular flexibility index (Phi) is 4.52. The molecule has 108 valence electrons. The molecule has 3 N–H and O–H groups in total. The van der Waals surface area contributed by atoms with E-state index in [1.807, 2.05) is 0 Å². The van der Waals surface area contributed by atoms with Crippen LogP contribution in [0.3, 0.4) is 0 Å². The van der Waals surface area contributed by atoms with Gasteiger partial charge in [-0.15, -0.1) is 0 Å². The predicted molar refractivity (Wildman–Crippen MR) is 75.5 cm³/mol. The number of hydrogen-bond donors (Lipinski definition) is 2. The van der Waals surface area contributed by atoms with E-state index in [1.165, 1.54) is 6.07 Å². The molecule has 0 atom stereocenters. The van der Waals surface area contributed by atoms with Crippen LogP contribution >= 0.6 is 0 Å². The molecule has 1 aromatic carbocycles. The number of nitrogens with two attached hydrogens (primary N) is 1. The first-order valence-electron chi connectivity index (χ1n) is 6.58. The van der Waals surface area contributed by atoms with Gasteiger partial charge in [0.05, 0.1) is 11.5 Å². The maximum absolute atomic E-state index is 11.3. The van der Waals surface area contributed by atoms with Gasteiger partial charge in [-0.3, -0.25) is 14.9 Å². The smallest absolute Gasteiger partial charge is 0.292 e. The van der Waals surface area contributed by atoms with Crippen molar-refractivity contribution in [1.29, 1.82) is 0 Å². The fourth-order valence-electron chi connectivity index (χ4n) is 2.56. The summed E-state index contributed by atoms with van der Waals surface area (Å²) in [6.45, 7) is 1.66. The molecule has 0 bridgehead atoms. The molecule has 1 amide bonds. The maximum Gasteiger partial charge on any atom is 0.292 e. The van der Waals surface area contributed by atoms with Gasteiger partial charge in [0.2, 0.25) is 5.91 Å². The van der Waals surface area contributed by atoms with E-state index < -0.39 is 10.8 Å². The van der Waals surface area contributed by atoms with Gasteiger partial charge in [0.25, 0.3) is 5.69 Å². The summed E-state index contributed by atoms with van der Waals surface area (Å²) in [5, 5.41) is 14.4. The van der Waals surface area contributed by atoms with Gasteiger partial charge in [-0.2, -0.15) is 0 Å². The van der Waals surface area contributed by atoms with Gasteiger partial charge in [-0.25, -0.2) is 0 Å². The third-order valence-electron chi connectivity index (χ3n) is 3.46. The lowest BCUT2D eigenvalue weighted by Crippen LogP contribution is -2.46. The normalized spacial score (nSPS) is 15.8. The number of rotatable bonds is 5. The number of nitrogens with one attached hydrogen (secondary N) is 1. The first-order chi connectivity index (χ1) is 9.59. The minimum Gasteiger partial charge on any atom is -0.368 e. The van der Waals surface area contributed by atoms with Crippen molar-refractivity contribution in [2.45, 2.75) is 18.9 Å². The van der Waals surface area contributed by atoms with Gasteiger partial charge < -0.3 is 16.0 Å². The Hall–Kier alpha value is -2.15. The van der Waals surface area contributed by atoms with Gasteiger partial charge in [0.1, 0.15) is 5.69 Å². The number of piperidine rings is 1. The van der Waals surface area contributed by atoms with E-state index in [9.17, 15) is 14.9 Å². The highest BCUT2D eigenvalue weighted by Crippen LogP contribution is 2.30. The zero-order valence-corrected chi connectivity index (χ0v) is 11.1. The molecule has 0 unspecified atom stereocenters. The fraction of sp³-hybridized carbons (Fsp3) is 0.462. The van der Waals surface area contributed by atoms with Crippen LogP contribution in [0.2, 0.25) is 0 Å². The molecule has 1 aromatic rings. The summed E-state index contributed by atoms with van der Waals surface area (Å²) in [6, 6.07) is 6.56. The molecule has 2 rings (SSSR count). The van der Waals surface area contributed by atoms with E-state index in [2.05, 4.69) is 5.32 Å². The summed E-state index contributed by atoms with van der Waals surface area (Å²) < 4.78 is 0. The number of para-hydroxylation sites is 2. The average molecular weight is 278 g/mol. The van der Waals surface area contributed by atoms with Crippen molar-refractivity contribution >= 4 is 17.3 Å². The maximum atomic E-state index is 11.3. The highest BCUT2D eigenvalue weighted by molar-refractivity contribution is 5.81. The monoisotopic (exact) mass is 278 g/mol. The van der Waals surface area contributed by atoms with Crippen molar-refractivity contribution in [3.8, 4) is 0 Å². The van der Waals surface area contributed by atoms with Crippen molar-refractivity contribution in [2.75, 3.05) is 24.5 Å². The first kappa shape index (κ1) is 14.3. The lowest BCUT2D eigenvalue weighted by atomic mass is 10.0. The molecule has 7 heteroatoms. The van der Waals surface area contributed by atoms with Crippen LogP contribution in [0.15, 0.2) is 24.3 Å². The summed E-state index contributed by atoms with van der Waals surface area (Å²) in [5.74, 6) is -0.485. The van der Waals surface area contributed by atoms with Crippen LogP contribution in [0.4, 0.5) is 11.4 Å². The first-order valence-corrected chi connectivity index (χ1v) is 6.58. The van der Waals surface area contributed by atoms with Crippen LogP contribution < -0.4 is 16.0 Å². The molecule has 1 saturated heterocycles. The molecule has 0 saturated carbocycles. The van der Waals surface area contributed by atoms with E-state index in [4.69, 9.17) is 5.73 Å². The van der Waals surface area contributed by atoms with E-state index in [0.717, 1.165) is 25.9 Å². The molecule has 0 aromatic heterocycles. The zero-order chi connectivity index (χ0) is 14.5. The molecule has 1 heterocycles. The van der Waals surface area contributed by atoms with Crippen molar-refractivity contribution < 1.29 is 9.72 Å². The number of hydrogen-bond acceptors (Lipinski definition) is 5. The zero-order valence-electron chi connectivity index (χ0n) is 11.1. The molecule has 7 nitrogen and oxygen atoms in total. The Morgan fingerprint density at radius 2 is 2.05 bits per heavy atom. The summed E-state index contributed by atoms with van der Waals surface area (Å²) >= 11 is 0. The number of amides is 1. The molecular formula is C13H18N4O3. The van der Waals surface area contributed by atoms with Gasteiger partial charge in [-0.05, 0) is 32.0 Å². The largest absolute Gasteiger partial charge is 0.368 e. The molecule has 0 radical (unpaired) electrons. The van der Waals surface area contributed by atoms with Crippen LogP contribution in [0.1, 0.15) is 12.8 Å². The number of primary amides is 1. The number of nitrogens with zero attached hydrogens (tertiary/aromatic N) is 2. The molecule has 1 aliphatic rings. The highest BCUT2D eigenvalue weighted by Gasteiger charge is 2.27. The summed E-state index contributed by atoms with van der Waals surface area (Å²) in [7, 11) is 0. The summed E-state index contributed by atoms with van der Waals surface area (Å²) in [5.41, 5.74) is 5.77. The van der Waals surface area contributed by atoms with Gasteiger partial charge in [0.15, 0.2) is 0 Å². The van der Waals surface area contributed by atoms with Gasteiger partial charge in [-0.1, -0.05) is 12.1 Å². The number of nitro benzene ring substituents is 1. The van der Waals surface area contributed by atoms with E-state index in [0.29, 0.717) is 5.69 Å². The lowest BCUT2D eigenvalue weighted by Gasteiger charge is -2.35. The van der Waals surface area contributed by atoms with Crippen LogP contribution in [0.5, 0.6) is 0 Å². The van der Waals surface area contributed by atoms with Crippen molar-refractivity contribution in [1.82, 2.24) is 5.32 Å². The minimum absolute atomic E-state index is 0.00444. The number of nitro groups is 1. The molecule has 1 fully saturated rings. The molecular weight excluding hydrogens is 260 g/mol. The Morgan fingerprint density at radius 1 is 1.40 bits per heavy atom. The Bertz CT molecular complexity index is 500. The standard InChI is InChI=1S/C13H18N4O3/c14-13(18)9-16(10-5-7-15-8-6-10)11-3-1-2-4-12(11)17(19)20/h1-4,10,15H,5-9H2,(H2,14,18). The van der Waals surface area contributed by atoms with Gasteiger partial charge >= 0.3 is 0 Å². The fourth-order valence-corrected chi connectivity index (χ4v) is 2.56. The molecule has 0 spiro atoms. The number of benzene rings is 1. The van der Waals surface area contributed by atoms with E-state index in [1.54, 1.807) is 23.1 Å². The van der Waals surface area contributed by atoms with Crippen LogP contribution in [0, 0.1) is 10.1 Å². The van der Waals surface area contributed by atoms with E-state index >= 15 is 0 Å². The predicted octanol–water partition coefficient (Wildman–Crippen LogP) is 0.638. The quantitative estimate of drug-likeness (QED) is 0.608. The number of carbonyl (C=O) groups is 1. The third kappa shape index (κ3) is 3.24. The van der Waals surface area contributed by atoms with Crippen molar-refractivity contribution in [3.05, 3.63) is 34.4 Å². The average Bonchev–Trinajstić information content (AvgIpc) is 2.45. The molecule has 1 aliphatic heterocycles. The number of anilines is 1. The van der Waals surface area contributed by atoms with Crippen LogP contribution in [-0.2, 0) is 4.79 Å². The summed E-state index contributed by atoms with van der Waals surface area (Å²) in [6.07, 6.45) is 1.67. The molecule has 20 heavy (non-hydrogen) atoms. The van der Waals surface area contributed by atoms with Gasteiger partial charge in [0, 0.05) is 12.1 Å². The topological polar surface area (TPSA) is 102 Å². The minimum atomic E-state index is -0.485. The second-order valence-electron chi connectivity index (χ2n) is 4.82. The summed E-state index contributed by atoms with van der Waals surface area (Å²) in [4.78, 5) is 23.8. The van der Waals surface area contributed by atoms with Crippen molar-refractivity contribution in [3.63, 3.8) is 0 Å².